The molecule has 0 spiro atoms. The van der Waals surface area contributed by atoms with E-state index in [1.54, 1.807) is 7.11 Å². The van der Waals surface area contributed by atoms with E-state index >= 15 is 0 Å². The van der Waals surface area contributed by atoms with Gasteiger partial charge in [-0.25, -0.2) is 0 Å². The first-order chi connectivity index (χ1) is 8.20. The van der Waals surface area contributed by atoms with E-state index in [-0.39, 0.29) is 18.1 Å². The number of ether oxygens (including phenoxy) is 2. The van der Waals surface area contributed by atoms with Gasteiger partial charge in [0.2, 0.25) is 0 Å². The quantitative estimate of drug-likeness (QED) is 0.757. The maximum absolute atomic E-state index is 11.9. The summed E-state index contributed by atoms with van der Waals surface area (Å²) in [5.41, 5.74) is 0. The smallest absolute Gasteiger partial charge is 0.323 e. The molecule has 0 bridgehead atoms. The van der Waals surface area contributed by atoms with E-state index in [9.17, 15) is 4.79 Å². The summed E-state index contributed by atoms with van der Waals surface area (Å²) in [5, 5.41) is 3.42. The van der Waals surface area contributed by atoms with Crippen molar-refractivity contribution in [3.05, 3.63) is 0 Å². The predicted octanol–water partition coefficient (Wildman–Crippen LogP) is 1.49. The minimum absolute atomic E-state index is 0.0950. The normalized spacial score (nSPS) is 34.1. The van der Waals surface area contributed by atoms with Crippen LogP contribution in [0.15, 0.2) is 0 Å². The van der Waals surface area contributed by atoms with E-state index in [2.05, 4.69) is 5.32 Å². The molecule has 4 atom stereocenters. The summed E-state index contributed by atoms with van der Waals surface area (Å²) < 4.78 is 10.3. The van der Waals surface area contributed by atoms with Crippen LogP contribution in [0.1, 0.15) is 39.0 Å². The summed E-state index contributed by atoms with van der Waals surface area (Å²) in [6, 6.07) is 0.446. The Morgan fingerprint density at radius 1 is 1.41 bits per heavy atom. The lowest BCUT2D eigenvalue weighted by molar-refractivity contribution is -0.152. The molecule has 1 N–H and O–H groups in total. The molecule has 98 valence electrons. The van der Waals surface area contributed by atoms with E-state index in [4.69, 9.17) is 9.47 Å². The standard InChI is InChI=1S/C13H23NO3/c1-9(8-16-2)17-13(15)12-7-10-5-3-4-6-11(10)14-12/h9-12,14H,3-8H2,1-2H3. The number of carbonyl (C=O) groups is 1. The van der Waals surface area contributed by atoms with Gasteiger partial charge in [-0.15, -0.1) is 0 Å². The van der Waals surface area contributed by atoms with Gasteiger partial charge in [0.05, 0.1) is 6.61 Å². The first-order valence-corrected chi connectivity index (χ1v) is 6.66. The van der Waals surface area contributed by atoms with Crippen molar-refractivity contribution in [2.45, 2.75) is 57.2 Å². The SMILES string of the molecule is COCC(C)OC(=O)C1CC2CCCCC2N1. The van der Waals surface area contributed by atoms with Crippen LogP contribution in [-0.2, 0) is 14.3 Å². The van der Waals surface area contributed by atoms with Gasteiger partial charge in [0.15, 0.2) is 0 Å². The second kappa shape index (κ2) is 5.83. The molecule has 0 aromatic rings. The maximum atomic E-state index is 11.9. The second-order valence-electron chi connectivity index (χ2n) is 5.31. The molecule has 2 rings (SSSR count). The number of esters is 1. The highest BCUT2D eigenvalue weighted by atomic mass is 16.6. The van der Waals surface area contributed by atoms with E-state index < -0.39 is 0 Å². The molecule has 2 fully saturated rings. The molecule has 1 saturated heterocycles. The van der Waals surface area contributed by atoms with Crippen molar-refractivity contribution in [2.24, 2.45) is 5.92 Å². The molecule has 17 heavy (non-hydrogen) atoms. The van der Waals surface area contributed by atoms with Gasteiger partial charge in [0.25, 0.3) is 0 Å². The molecule has 1 saturated carbocycles. The average Bonchev–Trinajstić information content (AvgIpc) is 2.72. The van der Waals surface area contributed by atoms with E-state index in [0.717, 1.165) is 6.42 Å². The van der Waals surface area contributed by atoms with Crippen molar-refractivity contribution in [1.29, 1.82) is 0 Å². The zero-order valence-electron chi connectivity index (χ0n) is 10.8. The Morgan fingerprint density at radius 2 is 2.18 bits per heavy atom. The largest absolute Gasteiger partial charge is 0.459 e. The first-order valence-electron chi connectivity index (χ1n) is 6.66. The number of carbonyl (C=O) groups excluding carboxylic acids is 1. The third kappa shape index (κ3) is 3.19. The Kier molecular flexibility index (Phi) is 4.40. The lowest BCUT2D eigenvalue weighted by atomic mass is 9.85. The molecule has 4 unspecified atom stereocenters. The Labute approximate surface area is 103 Å². The van der Waals surface area contributed by atoms with Crippen LogP contribution in [-0.4, -0.2) is 37.9 Å². The average molecular weight is 241 g/mol. The Bertz CT molecular complexity index is 255. The lowest BCUT2D eigenvalue weighted by Crippen LogP contribution is -2.39. The Morgan fingerprint density at radius 3 is 2.88 bits per heavy atom. The predicted molar refractivity (Wildman–Crippen MR) is 64.7 cm³/mol. The summed E-state index contributed by atoms with van der Waals surface area (Å²) in [6.07, 6.45) is 5.86. The molecule has 2 aliphatic rings. The van der Waals surface area contributed by atoms with Crippen LogP contribution in [0.5, 0.6) is 0 Å². The summed E-state index contributed by atoms with van der Waals surface area (Å²) in [7, 11) is 1.62. The molecule has 0 amide bonds. The van der Waals surface area contributed by atoms with Crippen LogP contribution in [0.2, 0.25) is 0 Å². The molecule has 0 radical (unpaired) electrons. The van der Waals surface area contributed by atoms with Gasteiger partial charge in [0, 0.05) is 13.2 Å². The van der Waals surface area contributed by atoms with Crippen LogP contribution in [0.3, 0.4) is 0 Å². The number of nitrogens with one attached hydrogen (secondary N) is 1. The minimum Gasteiger partial charge on any atom is -0.459 e. The van der Waals surface area contributed by atoms with Gasteiger partial charge >= 0.3 is 5.97 Å². The Hall–Kier alpha value is -0.610. The van der Waals surface area contributed by atoms with Gasteiger partial charge in [-0.05, 0) is 32.1 Å². The number of hydrogen-bond acceptors (Lipinski definition) is 4. The van der Waals surface area contributed by atoms with Crippen molar-refractivity contribution in [3.8, 4) is 0 Å². The maximum Gasteiger partial charge on any atom is 0.323 e. The van der Waals surface area contributed by atoms with Gasteiger partial charge < -0.3 is 14.8 Å². The van der Waals surface area contributed by atoms with Crippen molar-refractivity contribution in [3.63, 3.8) is 0 Å². The van der Waals surface area contributed by atoms with E-state index in [1.807, 2.05) is 6.92 Å². The zero-order chi connectivity index (χ0) is 12.3. The van der Waals surface area contributed by atoms with Gasteiger partial charge in [0.1, 0.15) is 12.1 Å². The molecular formula is C13H23NO3. The fourth-order valence-corrected chi connectivity index (χ4v) is 3.05. The van der Waals surface area contributed by atoms with Crippen LogP contribution in [0.25, 0.3) is 0 Å². The number of methoxy groups -OCH3 is 1. The molecule has 4 heteroatoms. The molecule has 4 nitrogen and oxygen atoms in total. The van der Waals surface area contributed by atoms with Crippen molar-refractivity contribution >= 4 is 5.97 Å². The third-order valence-electron chi connectivity index (χ3n) is 3.87. The fourth-order valence-electron chi connectivity index (χ4n) is 3.05. The Balaban J connectivity index is 1.80. The second-order valence-corrected chi connectivity index (χ2v) is 5.31. The topological polar surface area (TPSA) is 47.6 Å². The highest BCUT2D eigenvalue weighted by molar-refractivity contribution is 5.76. The highest BCUT2D eigenvalue weighted by Gasteiger charge is 2.39. The summed E-state index contributed by atoms with van der Waals surface area (Å²) in [6.45, 7) is 2.33. The zero-order valence-corrected chi connectivity index (χ0v) is 10.8. The monoisotopic (exact) mass is 241 g/mol. The number of rotatable bonds is 4. The fraction of sp³-hybridized carbons (Fsp3) is 0.923. The van der Waals surface area contributed by atoms with Crippen LogP contribution in [0.4, 0.5) is 0 Å². The molecule has 0 aromatic heterocycles. The van der Waals surface area contributed by atoms with Crippen molar-refractivity contribution < 1.29 is 14.3 Å². The lowest BCUT2D eigenvalue weighted by Gasteiger charge is -2.24. The van der Waals surface area contributed by atoms with Crippen LogP contribution < -0.4 is 5.32 Å². The van der Waals surface area contributed by atoms with Crippen molar-refractivity contribution in [1.82, 2.24) is 5.32 Å². The highest BCUT2D eigenvalue weighted by Crippen LogP contribution is 2.33. The molecule has 1 aliphatic carbocycles. The van der Waals surface area contributed by atoms with Gasteiger partial charge in [-0.1, -0.05) is 12.8 Å². The molecule has 1 heterocycles. The summed E-state index contributed by atoms with van der Waals surface area (Å²) in [4.78, 5) is 11.9. The number of hydrogen-bond donors (Lipinski definition) is 1. The summed E-state index contributed by atoms with van der Waals surface area (Å²) in [5.74, 6) is 0.572. The molecule has 1 aliphatic heterocycles. The first kappa shape index (κ1) is 12.8. The minimum atomic E-state index is -0.156. The molecule has 0 aromatic carbocycles. The van der Waals surface area contributed by atoms with Crippen LogP contribution in [0, 0.1) is 5.92 Å². The van der Waals surface area contributed by atoms with Gasteiger partial charge in [-0.2, -0.15) is 0 Å². The van der Waals surface area contributed by atoms with Crippen molar-refractivity contribution in [2.75, 3.05) is 13.7 Å². The van der Waals surface area contributed by atoms with Gasteiger partial charge in [-0.3, -0.25) is 4.79 Å². The van der Waals surface area contributed by atoms with E-state index in [1.165, 1.54) is 25.7 Å². The van der Waals surface area contributed by atoms with E-state index in [0.29, 0.717) is 18.6 Å². The van der Waals surface area contributed by atoms with Crippen LogP contribution >= 0.6 is 0 Å². The summed E-state index contributed by atoms with van der Waals surface area (Å²) >= 11 is 0. The molecular weight excluding hydrogens is 218 g/mol. The third-order valence-corrected chi connectivity index (χ3v) is 3.87. The number of fused-ring (bicyclic) bond motifs is 1.